The molecule has 0 saturated carbocycles. The molecule has 0 rings (SSSR count). The maximum Gasteiger partial charge on any atom is 0.0240 e. The fraction of sp³-hybridized carbons (Fsp3) is 1.00. The average molecular weight is 150 g/mol. The van der Waals surface area contributed by atoms with Crippen molar-refractivity contribution in [3.05, 3.63) is 0 Å². The number of hydrogen-bond acceptors (Lipinski definition) is 1. The van der Waals surface area contributed by atoms with Gasteiger partial charge >= 0.3 is 0 Å². The largest absolute Gasteiger partial charge is 0.304 e. The van der Waals surface area contributed by atoms with Crippen LogP contribution in [0.1, 0.15) is 20.3 Å². The molecular weight excluding hydrogens is 134 g/mol. The van der Waals surface area contributed by atoms with E-state index in [0.717, 1.165) is 12.3 Å². The Balaban J connectivity index is 3.70. The standard InChI is InChI=1S/C7H16ClN/c1-7(2,5-6-8)9(3)4/h5-6H2,1-4H3. The van der Waals surface area contributed by atoms with Crippen LogP contribution in [-0.2, 0) is 0 Å². The van der Waals surface area contributed by atoms with Gasteiger partial charge < -0.3 is 4.90 Å². The van der Waals surface area contributed by atoms with E-state index >= 15 is 0 Å². The lowest BCUT2D eigenvalue weighted by atomic mass is 10.0. The number of rotatable bonds is 3. The summed E-state index contributed by atoms with van der Waals surface area (Å²) in [5.74, 6) is 0.741. The van der Waals surface area contributed by atoms with Crippen LogP contribution in [-0.4, -0.2) is 30.4 Å². The third kappa shape index (κ3) is 3.07. The average Bonchev–Trinajstić information content (AvgIpc) is 1.65. The summed E-state index contributed by atoms with van der Waals surface area (Å²) >= 11 is 5.60. The van der Waals surface area contributed by atoms with Gasteiger partial charge in [-0.1, -0.05) is 0 Å². The minimum Gasteiger partial charge on any atom is -0.304 e. The van der Waals surface area contributed by atoms with E-state index in [1.54, 1.807) is 0 Å². The predicted octanol–water partition coefficient (Wildman–Crippen LogP) is 1.96. The van der Waals surface area contributed by atoms with Crippen molar-refractivity contribution in [2.75, 3.05) is 20.0 Å². The number of alkyl halides is 1. The van der Waals surface area contributed by atoms with E-state index in [0.29, 0.717) is 0 Å². The smallest absolute Gasteiger partial charge is 0.0240 e. The van der Waals surface area contributed by atoms with Crippen molar-refractivity contribution in [2.24, 2.45) is 0 Å². The van der Waals surface area contributed by atoms with Crippen LogP contribution in [0.2, 0.25) is 0 Å². The molecule has 0 aromatic rings. The van der Waals surface area contributed by atoms with Gasteiger partial charge in [-0.15, -0.1) is 11.6 Å². The summed E-state index contributed by atoms with van der Waals surface area (Å²) in [6.07, 6.45) is 1.04. The van der Waals surface area contributed by atoms with Gasteiger partial charge in [-0.05, 0) is 34.4 Å². The van der Waals surface area contributed by atoms with Gasteiger partial charge in [0.2, 0.25) is 0 Å². The van der Waals surface area contributed by atoms with E-state index in [-0.39, 0.29) is 5.54 Å². The second-order valence-electron chi connectivity index (χ2n) is 3.15. The van der Waals surface area contributed by atoms with Crippen LogP contribution in [0.3, 0.4) is 0 Å². The van der Waals surface area contributed by atoms with Crippen molar-refractivity contribution in [3.8, 4) is 0 Å². The third-order valence-corrected chi connectivity index (χ3v) is 2.11. The number of hydrogen-bond donors (Lipinski definition) is 0. The van der Waals surface area contributed by atoms with E-state index in [1.807, 2.05) is 0 Å². The topological polar surface area (TPSA) is 3.24 Å². The number of nitrogens with zero attached hydrogens (tertiary/aromatic N) is 1. The molecule has 0 unspecified atom stereocenters. The first-order valence-corrected chi connectivity index (χ1v) is 3.77. The van der Waals surface area contributed by atoms with Crippen LogP contribution >= 0.6 is 11.6 Å². The molecule has 0 spiro atoms. The highest BCUT2D eigenvalue weighted by molar-refractivity contribution is 6.17. The summed E-state index contributed by atoms with van der Waals surface area (Å²) in [6.45, 7) is 4.38. The molecule has 2 heteroatoms. The molecule has 0 bridgehead atoms. The highest BCUT2D eigenvalue weighted by Crippen LogP contribution is 2.14. The van der Waals surface area contributed by atoms with Crippen molar-refractivity contribution in [1.29, 1.82) is 0 Å². The fourth-order valence-corrected chi connectivity index (χ4v) is 0.917. The molecule has 0 aromatic carbocycles. The summed E-state index contributed by atoms with van der Waals surface area (Å²) in [4.78, 5) is 2.19. The monoisotopic (exact) mass is 149 g/mol. The molecule has 0 N–H and O–H groups in total. The molecule has 56 valence electrons. The Bertz CT molecular complexity index is 79.0. The molecule has 0 aliphatic carbocycles. The normalized spacial score (nSPS) is 12.7. The summed E-state index contributed by atoms with van der Waals surface area (Å²) in [5.41, 5.74) is 0.252. The van der Waals surface area contributed by atoms with Crippen LogP contribution in [0.15, 0.2) is 0 Å². The molecule has 0 amide bonds. The van der Waals surface area contributed by atoms with Gasteiger partial charge in [0.15, 0.2) is 0 Å². The number of halogens is 1. The second-order valence-corrected chi connectivity index (χ2v) is 3.52. The Morgan fingerprint density at radius 3 is 1.89 bits per heavy atom. The summed E-state index contributed by atoms with van der Waals surface area (Å²) < 4.78 is 0. The van der Waals surface area contributed by atoms with Crippen LogP contribution in [0, 0.1) is 0 Å². The molecule has 0 aliphatic rings. The second kappa shape index (κ2) is 3.43. The van der Waals surface area contributed by atoms with E-state index in [2.05, 4.69) is 32.8 Å². The lowest BCUT2D eigenvalue weighted by Crippen LogP contribution is -2.38. The Morgan fingerprint density at radius 1 is 1.33 bits per heavy atom. The molecule has 0 aliphatic heterocycles. The molecular formula is C7H16ClN. The van der Waals surface area contributed by atoms with Gasteiger partial charge in [-0.3, -0.25) is 0 Å². The first kappa shape index (κ1) is 9.25. The molecule has 0 radical (unpaired) electrons. The van der Waals surface area contributed by atoms with Crippen molar-refractivity contribution in [2.45, 2.75) is 25.8 Å². The summed E-state index contributed by atoms with van der Waals surface area (Å²) in [5, 5.41) is 0. The van der Waals surface area contributed by atoms with Gasteiger partial charge in [0.25, 0.3) is 0 Å². The zero-order chi connectivity index (χ0) is 7.49. The molecule has 0 aromatic heterocycles. The van der Waals surface area contributed by atoms with E-state index < -0.39 is 0 Å². The first-order chi connectivity index (χ1) is 4.00. The van der Waals surface area contributed by atoms with E-state index in [4.69, 9.17) is 11.6 Å². The lowest BCUT2D eigenvalue weighted by Gasteiger charge is -2.31. The molecule has 0 saturated heterocycles. The molecule has 0 atom stereocenters. The van der Waals surface area contributed by atoms with Crippen LogP contribution in [0.4, 0.5) is 0 Å². The van der Waals surface area contributed by atoms with Crippen LogP contribution < -0.4 is 0 Å². The SMILES string of the molecule is CN(C)C(C)(C)CCCl. The van der Waals surface area contributed by atoms with Gasteiger partial charge in [-0.2, -0.15) is 0 Å². The van der Waals surface area contributed by atoms with Crippen molar-refractivity contribution in [3.63, 3.8) is 0 Å². The van der Waals surface area contributed by atoms with E-state index in [9.17, 15) is 0 Å². The van der Waals surface area contributed by atoms with Crippen molar-refractivity contribution >= 4 is 11.6 Å². The van der Waals surface area contributed by atoms with Gasteiger partial charge in [0.05, 0.1) is 0 Å². The lowest BCUT2D eigenvalue weighted by molar-refractivity contribution is 0.190. The minimum absolute atomic E-state index is 0.252. The predicted molar refractivity (Wildman–Crippen MR) is 43.1 cm³/mol. The quantitative estimate of drug-likeness (QED) is 0.555. The van der Waals surface area contributed by atoms with Gasteiger partial charge in [0, 0.05) is 11.4 Å². The Kier molecular flexibility index (Phi) is 3.52. The zero-order valence-electron chi connectivity index (χ0n) is 6.74. The Hall–Kier alpha value is 0.250. The third-order valence-electron chi connectivity index (χ3n) is 1.92. The zero-order valence-corrected chi connectivity index (χ0v) is 7.50. The maximum atomic E-state index is 5.60. The summed E-state index contributed by atoms with van der Waals surface area (Å²) in [6, 6.07) is 0. The highest BCUT2D eigenvalue weighted by atomic mass is 35.5. The molecule has 1 nitrogen and oxygen atoms in total. The van der Waals surface area contributed by atoms with Crippen LogP contribution in [0.5, 0.6) is 0 Å². The Labute approximate surface area is 63.0 Å². The molecule has 0 heterocycles. The maximum absolute atomic E-state index is 5.60. The molecule has 0 fully saturated rings. The highest BCUT2D eigenvalue weighted by Gasteiger charge is 2.18. The van der Waals surface area contributed by atoms with E-state index in [1.165, 1.54) is 0 Å². The van der Waals surface area contributed by atoms with Crippen LogP contribution in [0.25, 0.3) is 0 Å². The van der Waals surface area contributed by atoms with Gasteiger partial charge in [0.1, 0.15) is 0 Å². The van der Waals surface area contributed by atoms with Crippen molar-refractivity contribution in [1.82, 2.24) is 4.90 Å². The minimum atomic E-state index is 0.252. The van der Waals surface area contributed by atoms with Crippen molar-refractivity contribution < 1.29 is 0 Å². The Morgan fingerprint density at radius 2 is 1.78 bits per heavy atom. The summed E-state index contributed by atoms with van der Waals surface area (Å²) in [7, 11) is 4.15. The van der Waals surface area contributed by atoms with Gasteiger partial charge in [-0.25, -0.2) is 0 Å². The fourth-order valence-electron chi connectivity index (χ4n) is 0.455. The first-order valence-electron chi connectivity index (χ1n) is 3.24. The molecule has 9 heavy (non-hydrogen) atoms.